The third-order valence-electron chi connectivity index (χ3n) is 2.69. The van der Waals surface area contributed by atoms with Crippen LogP contribution in [0.1, 0.15) is 39.0 Å². The van der Waals surface area contributed by atoms with Crippen molar-refractivity contribution >= 4 is 0 Å². The SMILES string of the molecule is C/C=C/CCNC1CCCC(N)C1. The van der Waals surface area contributed by atoms with Crippen molar-refractivity contribution < 1.29 is 0 Å². The summed E-state index contributed by atoms with van der Waals surface area (Å²) >= 11 is 0. The van der Waals surface area contributed by atoms with E-state index in [0.29, 0.717) is 12.1 Å². The van der Waals surface area contributed by atoms with Gasteiger partial charge in [-0.1, -0.05) is 18.6 Å². The fraction of sp³-hybridized carbons (Fsp3) is 0.818. The second kappa shape index (κ2) is 6.17. The highest BCUT2D eigenvalue weighted by molar-refractivity contribution is 4.82. The van der Waals surface area contributed by atoms with E-state index in [-0.39, 0.29) is 0 Å². The lowest BCUT2D eigenvalue weighted by Gasteiger charge is -2.27. The van der Waals surface area contributed by atoms with Crippen LogP contribution in [0.3, 0.4) is 0 Å². The number of nitrogens with one attached hydrogen (secondary N) is 1. The first-order valence-corrected chi connectivity index (χ1v) is 5.43. The largest absolute Gasteiger partial charge is 0.328 e. The van der Waals surface area contributed by atoms with E-state index in [1.54, 1.807) is 0 Å². The average Bonchev–Trinajstić information content (AvgIpc) is 2.13. The molecule has 13 heavy (non-hydrogen) atoms. The molecule has 0 radical (unpaired) electrons. The molecule has 2 atom stereocenters. The molecule has 76 valence electrons. The Morgan fingerprint density at radius 3 is 3.00 bits per heavy atom. The molecule has 0 spiro atoms. The van der Waals surface area contributed by atoms with Crippen molar-refractivity contribution in [1.29, 1.82) is 0 Å². The van der Waals surface area contributed by atoms with Crippen molar-refractivity contribution in [3.8, 4) is 0 Å². The van der Waals surface area contributed by atoms with Crippen LogP contribution in [0.25, 0.3) is 0 Å². The number of nitrogens with two attached hydrogens (primary N) is 1. The Morgan fingerprint density at radius 1 is 1.46 bits per heavy atom. The van der Waals surface area contributed by atoms with E-state index in [1.165, 1.54) is 19.3 Å². The molecule has 3 N–H and O–H groups in total. The normalized spacial score (nSPS) is 29.7. The summed E-state index contributed by atoms with van der Waals surface area (Å²) in [6.07, 6.45) is 10.4. The molecule has 0 aromatic carbocycles. The predicted molar refractivity (Wildman–Crippen MR) is 57.7 cm³/mol. The summed E-state index contributed by atoms with van der Waals surface area (Å²) in [4.78, 5) is 0. The van der Waals surface area contributed by atoms with Gasteiger partial charge in [0.2, 0.25) is 0 Å². The third-order valence-corrected chi connectivity index (χ3v) is 2.69. The zero-order valence-electron chi connectivity index (χ0n) is 8.63. The smallest absolute Gasteiger partial charge is 0.00819 e. The molecule has 0 aliphatic heterocycles. The van der Waals surface area contributed by atoms with Gasteiger partial charge in [0, 0.05) is 12.1 Å². The van der Waals surface area contributed by atoms with Gasteiger partial charge in [-0.25, -0.2) is 0 Å². The zero-order valence-corrected chi connectivity index (χ0v) is 8.63. The maximum atomic E-state index is 5.90. The van der Waals surface area contributed by atoms with E-state index in [0.717, 1.165) is 19.4 Å². The van der Waals surface area contributed by atoms with Crippen molar-refractivity contribution in [3.63, 3.8) is 0 Å². The van der Waals surface area contributed by atoms with Gasteiger partial charge in [-0.2, -0.15) is 0 Å². The van der Waals surface area contributed by atoms with E-state index in [1.807, 2.05) is 0 Å². The predicted octanol–water partition coefficient (Wildman–Crippen LogP) is 1.81. The van der Waals surface area contributed by atoms with E-state index in [2.05, 4.69) is 24.4 Å². The molecular weight excluding hydrogens is 160 g/mol. The van der Waals surface area contributed by atoms with Gasteiger partial charge in [0.1, 0.15) is 0 Å². The monoisotopic (exact) mass is 182 g/mol. The highest BCUT2D eigenvalue weighted by Gasteiger charge is 2.17. The van der Waals surface area contributed by atoms with Crippen LogP contribution in [0.5, 0.6) is 0 Å². The van der Waals surface area contributed by atoms with Crippen molar-refractivity contribution in [3.05, 3.63) is 12.2 Å². The van der Waals surface area contributed by atoms with E-state index >= 15 is 0 Å². The molecule has 1 rings (SSSR count). The Morgan fingerprint density at radius 2 is 2.31 bits per heavy atom. The molecule has 0 heterocycles. The molecule has 0 saturated heterocycles. The number of hydrogen-bond donors (Lipinski definition) is 2. The highest BCUT2D eigenvalue weighted by Crippen LogP contribution is 2.16. The summed E-state index contributed by atoms with van der Waals surface area (Å²) in [7, 11) is 0. The van der Waals surface area contributed by atoms with Gasteiger partial charge in [0.05, 0.1) is 0 Å². The third kappa shape index (κ3) is 4.44. The minimum absolute atomic E-state index is 0.438. The molecule has 0 aromatic heterocycles. The lowest BCUT2D eigenvalue weighted by molar-refractivity contribution is 0.342. The number of hydrogen-bond acceptors (Lipinski definition) is 2. The summed E-state index contributed by atoms with van der Waals surface area (Å²) in [6.45, 7) is 3.16. The molecule has 1 saturated carbocycles. The number of allylic oxidation sites excluding steroid dienone is 1. The molecular formula is C11H22N2. The first-order valence-electron chi connectivity index (χ1n) is 5.43. The molecule has 2 heteroatoms. The second-order valence-electron chi connectivity index (χ2n) is 3.94. The maximum absolute atomic E-state index is 5.90. The van der Waals surface area contributed by atoms with Gasteiger partial charge in [0.25, 0.3) is 0 Å². The second-order valence-corrected chi connectivity index (χ2v) is 3.94. The first-order chi connectivity index (χ1) is 6.33. The van der Waals surface area contributed by atoms with Crippen LogP contribution >= 0.6 is 0 Å². The van der Waals surface area contributed by atoms with Crippen LogP contribution in [0.2, 0.25) is 0 Å². The highest BCUT2D eigenvalue weighted by atomic mass is 14.9. The van der Waals surface area contributed by atoms with Crippen LogP contribution in [-0.4, -0.2) is 18.6 Å². The Kier molecular flexibility index (Phi) is 5.09. The van der Waals surface area contributed by atoms with Crippen molar-refractivity contribution in [2.45, 2.75) is 51.1 Å². The Balaban J connectivity index is 2.06. The summed E-state index contributed by atoms with van der Waals surface area (Å²) in [6, 6.07) is 1.11. The van der Waals surface area contributed by atoms with E-state index < -0.39 is 0 Å². The minimum atomic E-state index is 0.438. The molecule has 2 unspecified atom stereocenters. The van der Waals surface area contributed by atoms with Crippen molar-refractivity contribution in [2.75, 3.05) is 6.54 Å². The minimum Gasteiger partial charge on any atom is -0.328 e. The lowest BCUT2D eigenvalue weighted by atomic mass is 9.91. The van der Waals surface area contributed by atoms with Crippen LogP contribution < -0.4 is 11.1 Å². The Labute approximate surface area is 81.6 Å². The topological polar surface area (TPSA) is 38.0 Å². The van der Waals surface area contributed by atoms with Gasteiger partial charge in [-0.3, -0.25) is 0 Å². The van der Waals surface area contributed by atoms with Crippen LogP contribution in [0.15, 0.2) is 12.2 Å². The summed E-state index contributed by atoms with van der Waals surface area (Å²) < 4.78 is 0. The molecule has 0 amide bonds. The molecule has 1 aliphatic carbocycles. The van der Waals surface area contributed by atoms with Crippen molar-refractivity contribution in [2.24, 2.45) is 5.73 Å². The molecule has 0 bridgehead atoms. The van der Waals surface area contributed by atoms with Crippen LogP contribution in [0.4, 0.5) is 0 Å². The van der Waals surface area contributed by atoms with E-state index in [9.17, 15) is 0 Å². The summed E-state index contributed by atoms with van der Waals surface area (Å²) in [5, 5.41) is 3.56. The van der Waals surface area contributed by atoms with Gasteiger partial charge < -0.3 is 11.1 Å². The number of rotatable bonds is 4. The quantitative estimate of drug-likeness (QED) is 0.514. The van der Waals surface area contributed by atoms with Gasteiger partial charge >= 0.3 is 0 Å². The fourth-order valence-corrected chi connectivity index (χ4v) is 1.95. The van der Waals surface area contributed by atoms with Crippen molar-refractivity contribution in [1.82, 2.24) is 5.32 Å². The fourth-order valence-electron chi connectivity index (χ4n) is 1.95. The Bertz CT molecular complexity index is 154. The maximum Gasteiger partial charge on any atom is 0.00819 e. The van der Waals surface area contributed by atoms with E-state index in [4.69, 9.17) is 5.73 Å². The van der Waals surface area contributed by atoms with Crippen LogP contribution in [-0.2, 0) is 0 Å². The Hall–Kier alpha value is -0.340. The van der Waals surface area contributed by atoms with Gasteiger partial charge in [0.15, 0.2) is 0 Å². The molecule has 0 aromatic rings. The molecule has 1 fully saturated rings. The lowest BCUT2D eigenvalue weighted by Crippen LogP contribution is -2.39. The standard InChI is InChI=1S/C11H22N2/c1-2-3-4-8-13-11-7-5-6-10(12)9-11/h2-3,10-11,13H,4-9,12H2,1H3/b3-2+. The van der Waals surface area contributed by atoms with Gasteiger partial charge in [-0.05, 0) is 39.2 Å². The summed E-state index contributed by atoms with van der Waals surface area (Å²) in [5.41, 5.74) is 5.90. The van der Waals surface area contributed by atoms with Gasteiger partial charge in [-0.15, -0.1) is 0 Å². The summed E-state index contributed by atoms with van der Waals surface area (Å²) in [5.74, 6) is 0. The average molecular weight is 182 g/mol. The zero-order chi connectivity index (χ0) is 9.52. The molecule has 1 aliphatic rings. The molecule has 2 nitrogen and oxygen atoms in total. The van der Waals surface area contributed by atoms with Crippen LogP contribution in [0, 0.1) is 0 Å². The first kappa shape index (κ1) is 10.7.